The number of ether oxygens (including phenoxy) is 1. The van der Waals surface area contributed by atoms with Crippen molar-refractivity contribution in [1.29, 1.82) is 0 Å². The third kappa shape index (κ3) is 4.51. The average molecular weight is 774 g/mol. The van der Waals surface area contributed by atoms with E-state index in [4.69, 9.17) is 19.7 Å². The molecule has 254 valence electrons. The number of hydrogen-bond acceptors (Lipinski definition) is 4. The molecule has 5 aromatic heterocycles. The van der Waals surface area contributed by atoms with Gasteiger partial charge in [0.2, 0.25) is 0 Å². The van der Waals surface area contributed by atoms with Crippen LogP contribution in [0, 0.1) is 12.1 Å². The van der Waals surface area contributed by atoms with Gasteiger partial charge in [0.05, 0.1) is 28.1 Å². The first kappa shape index (κ1) is 31.6. The molecule has 53 heavy (non-hydrogen) atoms. The van der Waals surface area contributed by atoms with Crippen LogP contribution < -0.4 is 4.74 Å². The molecular weight excluding hydrogens is 745 g/mol. The van der Waals surface area contributed by atoms with Crippen molar-refractivity contribution in [2.45, 2.75) is 19.3 Å². The van der Waals surface area contributed by atoms with Crippen LogP contribution in [-0.2, 0) is 25.8 Å². The summed E-state index contributed by atoms with van der Waals surface area (Å²) in [7, 11) is 0. The van der Waals surface area contributed by atoms with Gasteiger partial charge in [0, 0.05) is 46.0 Å². The van der Waals surface area contributed by atoms with Crippen LogP contribution in [0.1, 0.15) is 25.0 Å². The van der Waals surface area contributed by atoms with Gasteiger partial charge in [-0.15, -0.1) is 23.6 Å². The average Bonchev–Trinajstić information content (AvgIpc) is 3.75. The summed E-state index contributed by atoms with van der Waals surface area (Å²) in [5, 5.41) is 4.08. The molecule has 0 fully saturated rings. The van der Waals surface area contributed by atoms with Crippen LogP contribution in [-0.4, -0.2) is 23.9 Å². The van der Waals surface area contributed by atoms with Gasteiger partial charge in [-0.3, -0.25) is 9.97 Å². The third-order valence-corrected chi connectivity index (χ3v) is 10.6. The molecule has 0 radical (unpaired) electrons. The molecule has 0 N–H and O–H groups in total. The normalized spacial score (nSPS) is 13.1. The van der Waals surface area contributed by atoms with Gasteiger partial charge in [0.25, 0.3) is 0 Å². The molecule has 0 amide bonds. The molecule has 10 aromatic rings. The van der Waals surface area contributed by atoms with E-state index in [2.05, 4.69) is 126 Å². The number of para-hydroxylation sites is 1. The number of nitrogens with zero attached hydrogens (tertiary/aromatic N) is 5. The Balaban J connectivity index is 0.00000349. The molecule has 7 heteroatoms. The van der Waals surface area contributed by atoms with Crippen LogP contribution in [0.3, 0.4) is 0 Å². The molecule has 11 rings (SSSR count). The van der Waals surface area contributed by atoms with E-state index in [0.717, 1.165) is 66.7 Å². The number of benzene rings is 5. The second-order valence-corrected chi connectivity index (χ2v) is 13.9. The van der Waals surface area contributed by atoms with E-state index >= 15 is 0 Å². The van der Waals surface area contributed by atoms with Crippen LogP contribution in [0.4, 0.5) is 0 Å². The minimum absolute atomic E-state index is 0. The Morgan fingerprint density at radius 2 is 1.32 bits per heavy atom. The van der Waals surface area contributed by atoms with Crippen LogP contribution in [0.25, 0.3) is 77.6 Å². The quantitative estimate of drug-likeness (QED) is 0.102. The summed E-state index contributed by atoms with van der Waals surface area (Å²) in [5.74, 6) is 2.10. The van der Waals surface area contributed by atoms with Crippen LogP contribution in [0.2, 0.25) is 0 Å². The Morgan fingerprint density at radius 3 is 2.13 bits per heavy atom. The Hall–Kier alpha value is -6.13. The van der Waals surface area contributed by atoms with E-state index in [9.17, 15) is 0 Å². The molecular formula is C46H29N5OPd. The van der Waals surface area contributed by atoms with E-state index in [1.54, 1.807) is 0 Å². The molecule has 0 unspecified atom stereocenters. The first-order chi connectivity index (χ1) is 25.6. The zero-order valence-corrected chi connectivity index (χ0v) is 30.3. The number of fused-ring (bicyclic) bond motifs is 11. The molecule has 0 aliphatic carbocycles. The van der Waals surface area contributed by atoms with Gasteiger partial charge in [-0.1, -0.05) is 127 Å². The molecule has 0 atom stereocenters. The van der Waals surface area contributed by atoms with Crippen molar-refractivity contribution in [1.82, 2.24) is 23.9 Å². The summed E-state index contributed by atoms with van der Waals surface area (Å²) in [6, 6.07) is 51.1. The number of aromatic nitrogens is 5. The largest absolute Gasteiger partial charge is 2.00 e. The molecule has 5 aromatic carbocycles. The van der Waals surface area contributed by atoms with E-state index in [0.29, 0.717) is 11.5 Å². The topological polar surface area (TPSA) is 57.2 Å². The third-order valence-electron chi connectivity index (χ3n) is 10.6. The monoisotopic (exact) mass is 773 g/mol. The minimum atomic E-state index is -0.190. The molecule has 6 nitrogen and oxygen atoms in total. The first-order valence-corrected chi connectivity index (χ1v) is 17.5. The molecule has 0 saturated heterocycles. The summed E-state index contributed by atoms with van der Waals surface area (Å²) in [4.78, 5) is 15.1. The second kappa shape index (κ2) is 11.7. The van der Waals surface area contributed by atoms with Crippen molar-refractivity contribution in [3.8, 4) is 39.8 Å². The standard InChI is InChI=1S/C46H29N5O.Pd/c1-46(2)36-17-9-16-34-32-22-20-31(27-39(32)51(43(34)36)45-37(46)18-10-25-48-45)52-30-21-23-33-35(26-30)44-49-40(28-12-5-3-6-13-28)42(29-14-7-4-8-15-29)50(44)38-19-11-24-47-41(33)38;/h3-25H,1-2H3;/q-2;+2. The van der Waals surface area contributed by atoms with Crippen LogP contribution in [0.15, 0.2) is 140 Å². The molecule has 6 heterocycles. The van der Waals surface area contributed by atoms with Gasteiger partial charge in [-0.2, -0.15) is 6.07 Å². The van der Waals surface area contributed by atoms with E-state index in [-0.39, 0.29) is 25.8 Å². The van der Waals surface area contributed by atoms with Gasteiger partial charge in [-0.25, -0.2) is 4.98 Å². The minimum Gasteiger partial charge on any atom is -0.503 e. The first-order valence-electron chi connectivity index (χ1n) is 17.5. The molecule has 1 aliphatic heterocycles. The van der Waals surface area contributed by atoms with Gasteiger partial charge in [-0.05, 0) is 34.7 Å². The van der Waals surface area contributed by atoms with E-state index in [1.165, 1.54) is 22.0 Å². The van der Waals surface area contributed by atoms with Crippen molar-refractivity contribution < 1.29 is 25.2 Å². The SMILES string of the molecule is CC1(C)c2cccnc2-n2c3[c-]c(Oc4[c-]c5c(cc4)c4ncccc4n4c(-c6ccccc6)c(-c6ccccc6)nc54)ccc3c3cccc1c32.[Pd+2]. The maximum Gasteiger partial charge on any atom is 2.00 e. The van der Waals surface area contributed by atoms with Gasteiger partial charge in [0.15, 0.2) is 0 Å². The number of imidazole rings is 1. The Bertz CT molecular complexity index is 3070. The molecule has 0 saturated carbocycles. The van der Waals surface area contributed by atoms with Gasteiger partial charge >= 0.3 is 20.4 Å². The fraction of sp³-hybridized carbons (Fsp3) is 0.0652. The molecule has 1 aliphatic rings. The number of hydrogen-bond donors (Lipinski definition) is 0. The zero-order valence-electron chi connectivity index (χ0n) is 28.7. The van der Waals surface area contributed by atoms with Crippen LogP contribution >= 0.6 is 0 Å². The number of rotatable bonds is 4. The second-order valence-electron chi connectivity index (χ2n) is 13.9. The summed E-state index contributed by atoms with van der Waals surface area (Å²) in [6.45, 7) is 4.55. The molecule has 0 bridgehead atoms. The van der Waals surface area contributed by atoms with Crippen molar-refractivity contribution in [3.63, 3.8) is 0 Å². The maximum atomic E-state index is 6.63. The Labute approximate surface area is 319 Å². The summed E-state index contributed by atoms with van der Waals surface area (Å²) in [5.41, 5.74) is 11.0. The molecule has 0 spiro atoms. The summed E-state index contributed by atoms with van der Waals surface area (Å²) >= 11 is 0. The zero-order chi connectivity index (χ0) is 34.6. The van der Waals surface area contributed by atoms with Crippen molar-refractivity contribution in [3.05, 3.63) is 163 Å². The smallest absolute Gasteiger partial charge is 0.503 e. The summed E-state index contributed by atoms with van der Waals surface area (Å²) < 4.78 is 11.1. The Kier molecular flexibility index (Phi) is 6.97. The maximum absolute atomic E-state index is 6.63. The number of pyridine rings is 3. The van der Waals surface area contributed by atoms with Crippen molar-refractivity contribution in [2.24, 2.45) is 0 Å². The van der Waals surface area contributed by atoms with E-state index < -0.39 is 0 Å². The van der Waals surface area contributed by atoms with Gasteiger partial charge in [0.1, 0.15) is 5.82 Å². The fourth-order valence-corrected chi connectivity index (χ4v) is 8.25. The summed E-state index contributed by atoms with van der Waals surface area (Å²) in [6.07, 6.45) is 3.71. The van der Waals surface area contributed by atoms with E-state index in [1.807, 2.05) is 48.8 Å². The fourth-order valence-electron chi connectivity index (χ4n) is 8.25. The van der Waals surface area contributed by atoms with Crippen molar-refractivity contribution in [2.75, 3.05) is 0 Å². The predicted octanol–water partition coefficient (Wildman–Crippen LogP) is 10.9. The van der Waals surface area contributed by atoms with Crippen LogP contribution in [0.5, 0.6) is 11.5 Å². The Morgan fingerprint density at radius 1 is 0.623 bits per heavy atom. The predicted molar refractivity (Wildman–Crippen MR) is 207 cm³/mol. The van der Waals surface area contributed by atoms with Crippen molar-refractivity contribution >= 4 is 49.3 Å². The van der Waals surface area contributed by atoms with Gasteiger partial charge < -0.3 is 13.7 Å².